The van der Waals surface area contributed by atoms with Crippen molar-refractivity contribution in [3.8, 4) is 0 Å². The third kappa shape index (κ3) is 4.64. The topological polar surface area (TPSA) is 9.72 Å². The van der Waals surface area contributed by atoms with Crippen LogP contribution in [0, 0.1) is 0 Å². The summed E-state index contributed by atoms with van der Waals surface area (Å²) in [7, 11) is 12.4. The molecule has 0 fully saturated rings. The Bertz CT molecular complexity index is 517. The lowest BCUT2D eigenvalue weighted by Crippen LogP contribution is -2.13. The molecule has 0 aliphatic carbocycles. The first kappa shape index (κ1) is 17.3. The van der Waals surface area contributed by atoms with Gasteiger partial charge in [-0.05, 0) is 38.2 Å². The van der Waals surface area contributed by atoms with Gasteiger partial charge in [-0.15, -0.1) is 0 Å². The Morgan fingerprint density at radius 1 is 0.714 bits per heavy atom. The zero-order chi connectivity index (χ0) is 16.0. The van der Waals surface area contributed by atoms with Crippen LogP contribution in [0.4, 0.5) is 11.4 Å². The second-order valence-corrected chi connectivity index (χ2v) is 5.84. The molecule has 0 aliphatic heterocycles. The molecule has 0 N–H and O–H groups in total. The van der Waals surface area contributed by atoms with Crippen molar-refractivity contribution in [1.82, 2.24) is 4.90 Å². The molecule has 0 heterocycles. The van der Waals surface area contributed by atoms with Crippen LogP contribution in [0.3, 0.4) is 0 Å². The smallest absolute Gasteiger partial charge is 0.0461 e. The molecule has 0 spiro atoms. The Morgan fingerprint density at radius 2 is 1.10 bits per heavy atom. The van der Waals surface area contributed by atoms with Gasteiger partial charge in [-0.1, -0.05) is 31.2 Å². The van der Waals surface area contributed by atoms with E-state index >= 15 is 0 Å². The van der Waals surface area contributed by atoms with E-state index in [1.54, 1.807) is 0 Å². The highest BCUT2D eigenvalue weighted by molar-refractivity contribution is 6.03. The van der Waals surface area contributed by atoms with E-state index in [1.165, 1.54) is 22.1 Å². The first-order valence-electron chi connectivity index (χ1n) is 7.39. The first-order chi connectivity index (χ1) is 9.88. The molecule has 0 saturated carbocycles. The van der Waals surface area contributed by atoms with Gasteiger partial charge in [0.15, 0.2) is 0 Å². The number of nitrogens with zero attached hydrogens (tertiary/aromatic N) is 3. The molecule has 0 bridgehead atoms. The fraction of sp³-hybridized carbons (Fsp3) is 0.444. The molecule has 116 valence electrons. The predicted molar refractivity (Wildman–Crippen MR) is 96.8 cm³/mol. The molecule has 3 nitrogen and oxygen atoms in total. The van der Waals surface area contributed by atoms with Crippen molar-refractivity contribution >= 4 is 22.1 Å². The van der Waals surface area contributed by atoms with Gasteiger partial charge in [0.25, 0.3) is 0 Å². The van der Waals surface area contributed by atoms with Crippen molar-refractivity contribution in [1.29, 1.82) is 0 Å². The van der Waals surface area contributed by atoms with E-state index in [1.807, 2.05) is 0 Å². The van der Waals surface area contributed by atoms with Gasteiger partial charge < -0.3 is 14.7 Å². The largest absolute Gasteiger partial charge is 0.377 e. The molecule has 2 aromatic rings. The summed E-state index contributed by atoms with van der Waals surface area (Å²) in [4.78, 5) is 6.45. The highest BCUT2D eigenvalue weighted by Gasteiger charge is 2.08. The average Bonchev–Trinajstić information content (AvgIpc) is 2.46. The summed E-state index contributed by atoms with van der Waals surface area (Å²) in [6.45, 7) is 3.26. The standard InChI is InChI=1S/C14H18N2.C4H11N/c1-15(2)12-9-5-7-11-8-6-10-13(14(11)12)16(3)4;1-4-5(2)3/h5-10H,1-4H3;4H2,1-3H3. The second kappa shape index (κ2) is 7.89. The highest BCUT2D eigenvalue weighted by Crippen LogP contribution is 2.33. The lowest BCUT2D eigenvalue weighted by molar-refractivity contribution is 0.434. The Balaban J connectivity index is 0.000000383. The maximum Gasteiger partial charge on any atom is 0.0461 e. The van der Waals surface area contributed by atoms with Crippen LogP contribution in [0.1, 0.15) is 6.92 Å². The molecule has 3 heteroatoms. The molecule has 0 radical (unpaired) electrons. The summed E-state index contributed by atoms with van der Waals surface area (Å²) in [5, 5.41) is 2.61. The van der Waals surface area contributed by atoms with Crippen LogP contribution >= 0.6 is 0 Å². The Hall–Kier alpha value is -1.74. The fourth-order valence-electron chi connectivity index (χ4n) is 2.05. The van der Waals surface area contributed by atoms with Gasteiger partial charge >= 0.3 is 0 Å². The molecule has 0 aromatic heterocycles. The SMILES string of the molecule is CCN(C)C.CN(C)c1cccc2cccc(N(C)C)c12. The average molecular weight is 287 g/mol. The summed E-state index contributed by atoms with van der Waals surface area (Å²) < 4.78 is 0. The molecular formula is C18H29N3. The molecule has 0 amide bonds. The molecule has 0 unspecified atom stereocenters. The third-order valence-corrected chi connectivity index (χ3v) is 3.46. The van der Waals surface area contributed by atoms with Gasteiger partial charge in [-0.2, -0.15) is 0 Å². The van der Waals surface area contributed by atoms with Crippen molar-refractivity contribution in [2.45, 2.75) is 6.92 Å². The van der Waals surface area contributed by atoms with Crippen LogP contribution in [0.25, 0.3) is 10.8 Å². The van der Waals surface area contributed by atoms with Crippen molar-refractivity contribution in [2.24, 2.45) is 0 Å². The fourth-order valence-corrected chi connectivity index (χ4v) is 2.05. The Morgan fingerprint density at radius 3 is 1.38 bits per heavy atom. The Labute approximate surface area is 129 Å². The van der Waals surface area contributed by atoms with Crippen molar-refractivity contribution < 1.29 is 0 Å². The monoisotopic (exact) mass is 287 g/mol. The van der Waals surface area contributed by atoms with E-state index in [-0.39, 0.29) is 0 Å². The van der Waals surface area contributed by atoms with Gasteiger partial charge in [-0.25, -0.2) is 0 Å². The molecule has 0 aliphatic rings. The number of hydrogen-bond donors (Lipinski definition) is 0. The van der Waals surface area contributed by atoms with Crippen molar-refractivity contribution in [3.05, 3.63) is 36.4 Å². The maximum atomic E-state index is 2.16. The maximum absolute atomic E-state index is 2.16. The van der Waals surface area contributed by atoms with E-state index in [2.05, 4.69) is 100 Å². The zero-order valence-electron chi connectivity index (χ0n) is 14.5. The number of fused-ring (bicyclic) bond motifs is 1. The van der Waals surface area contributed by atoms with Crippen LogP contribution in [0.2, 0.25) is 0 Å². The Kier molecular flexibility index (Phi) is 6.50. The minimum absolute atomic E-state index is 1.14. The normalized spacial score (nSPS) is 10.3. The van der Waals surface area contributed by atoms with Gasteiger partial charge in [0.1, 0.15) is 0 Å². The second-order valence-electron chi connectivity index (χ2n) is 5.84. The molecular weight excluding hydrogens is 258 g/mol. The predicted octanol–water partition coefficient (Wildman–Crippen LogP) is 3.54. The van der Waals surface area contributed by atoms with E-state index in [4.69, 9.17) is 0 Å². The van der Waals surface area contributed by atoms with Crippen LogP contribution < -0.4 is 9.80 Å². The number of anilines is 2. The first-order valence-corrected chi connectivity index (χ1v) is 7.39. The molecule has 2 aromatic carbocycles. The molecule has 21 heavy (non-hydrogen) atoms. The van der Waals surface area contributed by atoms with Gasteiger partial charge in [0.2, 0.25) is 0 Å². The highest BCUT2D eigenvalue weighted by atomic mass is 15.1. The van der Waals surface area contributed by atoms with Crippen LogP contribution in [0.5, 0.6) is 0 Å². The lowest BCUT2D eigenvalue weighted by Gasteiger charge is -2.21. The van der Waals surface area contributed by atoms with Crippen LogP contribution in [0.15, 0.2) is 36.4 Å². The summed E-state index contributed by atoms with van der Waals surface area (Å²) in [6.07, 6.45) is 0. The number of rotatable bonds is 3. The van der Waals surface area contributed by atoms with E-state index in [0.717, 1.165) is 6.54 Å². The summed E-state index contributed by atoms with van der Waals surface area (Å²) >= 11 is 0. The third-order valence-electron chi connectivity index (χ3n) is 3.46. The zero-order valence-corrected chi connectivity index (χ0v) is 14.5. The molecule has 0 atom stereocenters. The minimum atomic E-state index is 1.14. The molecule has 2 rings (SSSR count). The van der Waals surface area contributed by atoms with Crippen LogP contribution in [-0.4, -0.2) is 53.7 Å². The lowest BCUT2D eigenvalue weighted by atomic mass is 10.1. The number of benzene rings is 2. The summed E-state index contributed by atoms with van der Waals surface area (Å²) in [5.74, 6) is 0. The summed E-state index contributed by atoms with van der Waals surface area (Å²) in [6, 6.07) is 12.9. The van der Waals surface area contributed by atoms with E-state index in [9.17, 15) is 0 Å². The van der Waals surface area contributed by atoms with E-state index in [0.29, 0.717) is 0 Å². The minimum Gasteiger partial charge on any atom is -0.377 e. The summed E-state index contributed by atoms with van der Waals surface area (Å²) in [5.41, 5.74) is 2.53. The van der Waals surface area contributed by atoms with Gasteiger partial charge in [0, 0.05) is 45.0 Å². The number of hydrogen-bond acceptors (Lipinski definition) is 3. The van der Waals surface area contributed by atoms with E-state index < -0.39 is 0 Å². The quantitative estimate of drug-likeness (QED) is 0.855. The molecule has 0 saturated heterocycles. The van der Waals surface area contributed by atoms with Crippen molar-refractivity contribution in [3.63, 3.8) is 0 Å². The van der Waals surface area contributed by atoms with Crippen molar-refractivity contribution in [2.75, 3.05) is 58.6 Å². The van der Waals surface area contributed by atoms with Gasteiger partial charge in [0.05, 0.1) is 0 Å². The van der Waals surface area contributed by atoms with Crippen LogP contribution in [-0.2, 0) is 0 Å². The van der Waals surface area contributed by atoms with Gasteiger partial charge in [-0.3, -0.25) is 0 Å².